The van der Waals surface area contributed by atoms with E-state index in [0.29, 0.717) is 0 Å². The molecule has 0 radical (unpaired) electrons. The molecule has 11 aromatic carbocycles. The molecule has 0 aromatic heterocycles. The summed E-state index contributed by atoms with van der Waals surface area (Å²) in [5.41, 5.74) is 14.6. The fourth-order valence-electron chi connectivity index (χ4n) is 9.12. The second-order valence-corrected chi connectivity index (χ2v) is 15.2. The van der Waals surface area contributed by atoms with Gasteiger partial charge in [0.25, 0.3) is 0 Å². The Morgan fingerprint density at radius 2 is 0.621 bits per heavy atom. The minimum absolute atomic E-state index is 1.19. The van der Waals surface area contributed by atoms with E-state index >= 15 is 0 Å². The molecule has 0 unspecified atom stereocenters. The van der Waals surface area contributed by atoms with Crippen LogP contribution in [0.1, 0.15) is 0 Å². The second-order valence-electron chi connectivity index (χ2n) is 15.2. The first-order chi connectivity index (χ1) is 28.8. The van der Waals surface area contributed by atoms with E-state index in [2.05, 4.69) is 231 Å². The highest BCUT2D eigenvalue weighted by molar-refractivity contribution is 6.22. The number of fused-ring (bicyclic) bond motifs is 4. The quantitative estimate of drug-likeness (QED) is 0.149. The Morgan fingerprint density at radius 3 is 1.21 bits per heavy atom. The van der Waals surface area contributed by atoms with Crippen molar-refractivity contribution in [3.05, 3.63) is 231 Å². The number of hydrogen-bond donors (Lipinski definition) is 0. The molecule has 0 saturated heterocycles. The maximum Gasteiger partial charge on any atom is -0.00261 e. The van der Waals surface area contributed by atoms with Crippen molar-refractivity contribution >= 4 is 43.1 Å². The first-order valence-corrected chi connectivity index (χ1v) is 20.1. The van der Waals surface area contributed by atoms with Crippen molar-refractivity contribution in [1.82, 2.24) is 0 Å². The van der Waals surface area contributed by atoms with Crippen molar-refractivity contribution in [2.24, 2.45) is 0 Å². The van der Waals surface area contributed by atoms with Crippen LogP contribution in [0.25, 0.3) is 110 Å². The molecule has 0 amide bonds. The van der Waals surface area contributed by atoms with Crippen molar-refractivity contribution in [2.75, 3.05) is 0 Å². The van der Waals surface area contributed by atoms with Gasteiger partial charge in [-0.1, -0.05) is 194 Å². The molecule has 0 aliphatic carbocycles. The zero-order chi connectivity index (χ0) is 38.4. The van der Waals surface area contributed by atoms with Crippen LogP contribution in [-0.4, -0.2) is 0 Å². The van der Waals surface area contributed by atoms with Gasteiger partial charge < -0.3 is 0 Å². The van der Waals surface area contributed by atoms with E-state index in [0.717, 1.165) is 0 Å². The van der Waals surface area contributed by atoms with Crippen LogP contribution in [0.4, 0.5) is 0 Å². The summed E-state index contributed by atoms with van der Waals surface area (Å²) in [5.74, 6) is 0. The molecular formula is C58H38. The number of rotatable bonds is 6. The van der Waals surface area contributed by atoms with Crippen LogP contribution >= 0.6 is 0 Å². The number of hydrogen-bond acceptors (Lipinski definition) is 0. The van der Waals surface area contributed by atoms with Gasteiger partial charge in [0.1, 0.15) is 0 Å². The lowest BCUT2D eigenvalue weighted by atomic mass is 9.84. The van der Waals surface area contributed by atoms with Crippen LogP contribution in [0, 0.1) is 0 Å². The highest BCUT2D eigenvalue weighted by Gasteiger charge is 2.19. The predicted octanol–water partition coefficient (Wildman–Crippen LogP) is 16.3. The lowest BCUT2D eigenvalue weighted by Crippen LogP contribution is -1.92. The Labute approximate surface area is 339 Å². The van der Waals surface area contributed by atoms with Gasteiger partial charge in [0.05, 0.1) is 0 Å². The van der Waals surface area contributed by atoms with E-state index in [4.69, 9.17) is 0 Å². The van der Waals surface area contributed by atoms with Gasteiger partial charge in [0, 0.05) is 0 Å². The smallest absolute Gasteiger partial charge is 0.00261 e. The lowest BCUT2D eigenvalue weighted by molar-refractivity contribution is 1.57. The Balaban J connectivity index is 1.22. The molecule has 0 aliphatic rings. The Morgan fingerprint density at radius 1 is 0.172 bits per heavy atom. The van der Waals surface area contributed by atoms with E-state index in [9.17, 15) is 0 Å². The normalized spacial score (nSPS) is 11.4. The summed E-state index contributed by atoms with van der Waals surface area (Å²) in [5, 5.41) is 9.97. The summed E-state index contributed by atoms with van der Waals surface area (Å²) in [7, 11) is 0. The third-order valence-corrected chi connectivity index (χ3v) is 11.8. The third-order valence-electron chi connectivity index (χ3n) is 11.8. The molecule has 11 rings (SSSR count). The summed E-state index contributed by atoms with van der Waals surface area (Å²) in [6, 6.07) is 84.7. The second kappa shape index (κ2) is 14.2. The zero-order valence-corrected chi connectivity index (χ0v) is 31.9. The van der Waals surface area contributed by atoms with Crippen LogP contribution < -0.4 is 0 Å². The van der Waals surface area contributed by atoms with Gasteiger partial charge in [0.15, 0.2) is 0 Å². The van der Waals surface area contributed by atoms with Crippen LogP contribution in [0.3, 0.4) is 0 Å². The van der Waals surface area contributed by atoms with Gasteiger partial charge in [0.2, 0.25) is 0 Å². The van der Waals surface area contributed by atoms with Crippen molar-refractivity contribution in [3.8, 4) is 66.8 Å². The Bertz CT molecular complexity index is 3180. The molecule has 0 saturated carbocycles. The summed E-state index contributed by atoms with van der Waals surface area (Å²) in [6.07, 6.45) is 0. The highest BCUT2D eigenvalue weighted by atomic mass is 14.2. The molecule has 0 heteroatoms. The SMILES string of the molecule is c1ccc(-c2cc(-c3ccccc3)cc(-c3cc(-c4cccc5ccccc45)cc4ccc(-c5c6ccccc6c(-c6ccccc6)c6ccccc56)cc34)c2)cc1. The Hall–Kier alpha value is -7.54. The van der Waals surface area contributed by atoms with Gasteiger partial charge >= 0.3 is 0 Å². The summed E-state index contributed by atoms with van der Waals surface area (Å²) < 4.78 is 0. The molecule has 270 valence electrons. The average molecular weight is 735 g/mol. The summed E-state index contributed by atoms with van der Waals surface area (Å²) >= 11 is 0. The van der Waals surface area contributed by atoms with Crippen LogP contribution in [0.15, 0.2) is 231 Å². The van der Waals surface area contributed by atoms with Crippen LogP contribution in [-0.2, 0) is 0 Å². The molecule has 0 aliphatic heterocycles. The molecule has 58 heavy (non-hydrogen) atoms. The van der Waals surface area contributed by atoms with Gasteiger partial charge in [-0.25, -0.2) is 0 Å². The van der Waals surface area contributed by atoms with Crippen molar-refractivity contribution in [1.29, 1.82) is 0 Å². The molecule has 0 fully saturated rings. The maximum absolute atomic E-state index is 2.45. The minimum atomic E-state index is 1.19. The van der Waals surface area contributed by atoms with Crippen LogP contribution in [0.5, 0.6) is 0 Å². The first kappa shape index (κ1) is 33.8. The largest absolute Gasteiger partial charge is 0.0622 e. The zero-order valence-electron chi connectivity index (χ0n) is 31.9. The molecule has 0 heterocycles. The monoisotopic (exact) mass is 734 g/mol. The van der Waals surface area contributed by atoms with Gasteiger partial charge in [-0.3, -0.25) is 0 Å². The van der Waals surface area contributed by atoms with E-state index < -0.39 is 0 Å². The summed E-state index contributed by atoms with van der Waals surface area (Å²) in [6.45, 7) is 0. The van der Waals surface area contributed by atoms with Gasteiger partial charge in [-0.2, -0.15) is 0 Å². The first-order valence-electron chi connectivity index (χ1n) is 20.1. The molecule has 0 atom stereocenters. The van der Waals surface area contributed by atoms with Gasteiger partial charge in [-0.05, 0) is 146 Å². The van der Waals surface area contributed by atoms with E-state index in [-0.39, 0.29) is 0 Å². The highest BCUT2D eigenvalue weighted by Crippen LogP contribution is 2.46. The van der Waals surface area contributed by atoms with Crippen LogP contribution in [0.2, 0.25) is 0 Å². The molecule has 11 aromatic rings. The fraction of sp³-hybridized carbons (Fsp3) is 0. The standard InChI is InChI=1S/C58H38/c1-4-17-39(18-5-1)45-34-46(40-19-6-2-7-20-40)36-47(35-45)56-38-48(50-30-16-24-41-21-10-11-25-49(41)50)33-43-31-32-44(37-55(43)56)58-53-28-14-12-26-51(53)57(42-22-8-3-9-23-42)52-27-13-15-29-54(52)58/h1-38H. The predicted molar refractivity (Wildman–Crippen MR) is 249 cm³/mol. The maximum atomic E-state index is 2.45. The molecule has 0 N–H and O–H groups in total. The molecule has 0 nitrogen and oxygen atoms in total. The fourth-order valence-corrected chi connectivity index (χ4v) is 9.12. The molecular weight excluding hydrogens is 697 g/mol. The third kappa shape index (κ3) is 5.86. The lowest BCUT2D eigenvalue weighted by Gasteiger charge is -2.19. The Kier molecular flexibility index (Phi) is 8.26. The number of benzene rings is 11. The van der Waals surface area contributed by atoms with Crippen molar-refractivity contribution in [2.45, 2.75) is 0 Å². The van der Waals surface area contributed by atoms with Gasteiger partial charge in [-0.15, -0.1) is 0 Å². The van der Waals surface area contributed by atoms with Crippen molar-refractivity contribution in [3.63, 3.8) is 0 Å². The van der Waals surface area contributed by atoms with E-state index in [1.807, 2.05) is 0 Å². The summed E-state index contributed by atoms with van der Waals surface area (Å²) in [4.78, 5) is 0. The average Bonchev–Trinajstić information content (AvgIpc) is 3.30. The van der Waals surface area contributed by atoms with E-state index in [1.54, 1.807) is 0 Å². The topological polar surface area (TPSA) is 0 Å². The van der Waals surface area contributed by atoms with E-state index in [1.165, 1.54) is 110 Å². The molecule has 0 spiro atoms. The minimum Gasteiger partial charge on any atom is -0.0622 e. The molecule has 0 bridgehead atoms. The van der Waals surface area contributed by atoms with Crippen molar-refractivity contribution < 1.29 is 0 Å².